The number of carbonyl (C=O) groups excluding carboxylic acids is 1. The zero-order chi connectivity index (χ0) is 53.2. The van der Waals surface area contributed by atoms with Crippen molar-refractivity contribution in [2.24, 2.45) is 0 Å². The Bertz CT molecular complexity index is 1730. The molecule has 0 bridgehead atoms. The monoisotopic (exact) mass is 1020 g/mol. The van der Waals surface area contributed by atoms with Gasteiger partial charge in [-0.05, 0) is 89.9 Å². The van der Waals surface area contributed by atoms with Crippen LogP contribution in [0.25, 0.3) is 0 Å². The highest BCUT2D eigenvalue weighted by Crippen LogP contribution is 2.30. The fraction of sp³-hybridized carbons (Fsp3) is 0.610. The molecule has 0 aromatic heterocycles. The first-order valence-corrected chi connectivity index (χ1v) is 26.9. The SMILES string of the molecule is CC/C=C\C/C=C\C/C=C\C/C=C\C/C=C\C/C=C\C/C=C\C/C=C\C/C=C\C/C=C\CCCCCCC(=O)NC(COC1OC(CO)C(OC2OC(CO)C(O)C(O)C2O)C(O)C1O)C(O)/C=C/CCCC. The summed E-state index contributed by atoms with van der Waals surface area (Å²) in [7, 11) is 0. The summed E-state index contributed by atoms with van der Waals surface area (Å²) in [6.45, 7) is 2.44. The van der Waals surface area contributed by atoms with E-state index in [4.69, 9.17) is 18.9 Å². The molecule has 1 amide bonds. The van der Waals surface area contributed by atoms with Crippen LogP contribution in [0.4, 0.5) is 0 Å². The molecule has 0 aromatic rings. The molecule has 0 saturated carbocycles. The van der Waals surface area contributed by atoms with E-state index in [0.29, 0.717) is 6.42 Å². The second-order valence-electron chi connectivity index (χ2n) is 18.3. The molecule has 2 fully saturated rings. The zero-order valence-corrected chi connectivity index (χ0v) is 43.8. The number of hydrogen-bond donors (Lipinski definition) is 9. The average Bonchev–Trinajstić information content (AvgIpc) is 3.39. The number of allylic oxidation sites excluding steroid dienone is 21. The highest BCUT2D eigenvalue weighted by Gasteiger charge is 2.51. The third-order valence-corrected chi connectivity index (χ3v) is 12.1. The molecule has 0 radical (unpaired) electrons. The Morgan fingerprint density at radius 3 is 1.42 bits per heavy atom. The molecule has 0 spiro atoms. The van der Waals surface area contributed by atoms with Crippen LogP contribution >= 0.6 is 0 Å². The molecule has 2 saturated heterocycles. The van der Waals surface area contributed by atoms with Crippen molar-refractivity contribution in [3.05, 3.63) is 134 Å². The number of aliphatic hydroxyl groups excluding tert-OH is 8. The molecule has 2 heterocycles. The van der Waals surface area contributed by atoms with Gasteiger partial charge >= 0.3 is 0 Å². The molecule has 14 heteroatoms. The van der Waals surface area contributed by atoms with Crippen molar-refractivity contribution < 1.29 is 64.6 Å². The Kier molecular flexibility index (Phi) is 38.8. The van der Waals surface area contributed by atoms with E-state index in [1.54, 1.807) is 6.08 Å². The summed E-state index contributed by atoms with van der Waals surface area (Å²) in [4.78, 5) is 13.0. The molecule has 9 N–H and O–H groups in total. The van der Waals surface area contributed by atoms with E-state index in [2.05, 4.69) is 141 Å². The predicted molar refractivity (Wildman–Crippen MR) is 290 cm³/mol. The van der Waals surface area contributed by atoms with E-state index in [1.165, 1.54) is 0 Å². The van der Waals surface area contributed by atoms with Crippen LogP contribution in [0.2, 0.25) is 0 Å². The summed E-state index contributed by atoms with van der Waals surface area (Å²) < 4.78 is 22.5. The lowest BCUT2D eigenvalue weighted by Crippen LogP contribution is -2.65. The third-order valence-electron chi connectivity index (χ3n) is 12.1. The number of unbranched alkanes of at least 4 members (excludes halogenated alkanes) is 6. The summed E-state index contributed by atoms with van der Waals surface area (Å²) in [6, 6.07) is -0.934. The molecule has 2 aliphatic heterocycles. The van der Waals surface area contributed by atoms with Gasteiger partial charge in [0.05, 0.1) is 32.0 Å². The van der Waals surface area contributed by atoms with Crippen LogP contribution in [-0.2, 0) is 23.7 Å². The van der Waals surface area contributed by atoms with E-state index in [1.807, 2.05) is 6.08 Å². The fourth-order valence-electron chi connectivity index (χ4n) is 7.71. The number of rotatable bonds is 39. The number of aliphatic hydroxyl groups is 8. The largest absolute Gasteiger partial charge is 0.394 e. The van der Waals surface area contributed by atoms with Crippen LogP contribution in [-0.4, -0.2) is 140 Å². The van der Waals surface area contributed by atoms with Crippen LogP contribution in [0.5, 0.6) is 0 Å². The van der Waals surface area contributed by atoms with Crippen molar-refractivity contribution in [3.8, 4) is 0 Å². The minimum atomic E-state index is -1.79. The van der Waals surface area contributed by atoms with E-state index in [0.717, 1.165) is 109 Å². The number of hydrogen-bond acceptors (Lipinski definition) is 13. The smallest absolute Gasteiger partial charge is 0.220 e. The Balaban J connectivity index is 1.61. The molecule has 12 unspecified atom stereocenters. The summed E-state index contributed by atoms with van der Waals surface area (Å²) >= 11 is 0. The van der Waals surface area contributed by atoms with Crippen molar-refractivity contribution in [3.63, 3.8) is 0 Å². The number of ether oxygens (including phenoxy) is 4. The minimum Gasteiger partial charge on any atom is -0.394 e. The lowest BCUT2D eigenvalue weighted by Gasteiger charge is -2.46. The summed E-state index contributed by atoms with van der Waals surface area (Å²) in [5.41, 5.74) is 0. The van der Waals surface area contributed by atoms with Crippen molar-refractivity contribution in [2.75, 3.05) is 19.8 Å². The van der Waals surface area contributed by atoms with E-state index in [9.17, 15) is 45.6 Å². The Labute approximate surface area is 437 Å². The topological polar surface area (TPSA) is 228 Å². The van der Waals surface area contributed by atoms with Gasteiger partial charge in [-0.15, -0.1) is 0 Å². The van der Waals surface area contributed by atoms with Gasteiger partial charge in [0.25, 0.3) is 0 Å². The maximum atomic E-state index is 13.0. The van der Waals surface area contributed by atoms with E-state index in [-0.39, 0.29) is 18.9 Å². The molecule has 0 aliphatic carbocycles. The molecule has 2 rings (SSSR count). The molecule has 73 heavy (non-hydrogen) atoms. The fourth-order valence-corrected chi connectivity index (χ4v) is 7.71. The van der Waals surface area contributed by atoms with Gasteiger partial charge < -0.3 is 65.1 Å². The number of amides is 1. The molecule has 2 aliphatic rings. The van der Waals surface area contributed by atoms with Crippen molar-refractivity contribution >= 4 is 5.91 Å². The number of carbonyl (C=O) groups is 1. The lowest BCUT2D eigenvalue weighted by molar-refractivity contribution is -0.359. The Hall–Kier alpha value is -3.87. The summed E-state index contributed by atoms with van der Waals surface area (Å²) in [5.74, 6) is -0.282. The van der Waals surface area contributed by atoms with Gasteiger partial charge in [-0.3, -0.25) is 4.79 Å². The molecular formula is C59H93NO13. The van der Waals surface area contributed by atoms with Gasteiger partial charge in [-0.2, -0.15) is 0 Å². The van der Waals surface area contributed by atoms with Crippen LogP contribution < -0.4 is 5.32 Å². The molecule has 14 nitrogen and oxygen atoms in total. The van der Waals surface area contributed by atoms with E-state index >= 15 is 0 Å². The van der Waals surface area contributed by atoms with Crippen LogP contribution in [0.3, 0.4) is 0 Å². The van der Waals surface area contributed by atoms with Gasteiger partial charge in [0, 0.05) is 6.42 Å². The van der Waals surface area contributed by atoms with Gasteiger partial charge in [-0.1, -0.05) is 173 Å². The maximum absolute atomic E-state index is 13.0. The second kappa shape index (κ2) is 43.4. The quantitative estimate of drug-likeness (QED) is 0.0210. The normalized spacial score (nSPS) is 26.5. The highest BCUT2D eigenvalue weighted by molar-refractivity contribution is 5.76. The van der Waals surface area contributed by atoms with Crippen molar-refractivity contribution in [2.45, 2.75) is 209 Å². The van der Waals surface area contributed by atoms with E-state index < -0.39 is 86.8 Å². The van der Waals surface area contributed by atoms with Crippen LogP contribution in [0.1, 0.15) is 136 Å². The van der Waals surface area contributed by atoms with Crippen LogP contribution in [0, 0.1) is 0 Å². The first-order chi connectivity index (χ1) is 35.6. The molecule has 412 valence electrons. The van der Waals surface area contributed by atoms with Crippen LogP contribution in [0.15, 0.2) is 134 Å². The first-order valence-electron chi connectivity index (χ1n) is 26.9. The Morgan fingerprint density at radius 1 is 0.507 bits per heavy atom. The first kappa shape index (κ1) is 65.2. The number of nitrogens with one attached hydrogen (secondary N) is 1. The highest BCUT2D eigenvalue weighted by atomic mass is 16.7. The lowest BCUT2D eigenvalue weighted by atomic mass is 9.97. The zero-order valence-electron chi connectivity index (χ0n) is 43.8. The molecule has 12 atom stereocenters. The minimum absolute atomic E-state index is 0.239. The predicted octanol–water partition coefficient (Wildman–Crippen LogP) is 8.04. The van der Waals surface area contributed by atoms with Gasteiger partial charge in [-0.25, -0.2) is 0 Å². The van der Waals surface area contributed by atoms with Gasteiger partial charge in [0.15, 0.2) is 12.6 Å². The third kappa shape index (κ3) is 29.7. The second-order valence-corrected chi connectivity index (χ2v) is 18.3. The molecule has 0 aromatic carbocycles. The maximum Gasteiger partial charge on any atom is 0.220 e. The Morgan fingerprint density at radius 2 is 0.945 bits per heavy atom. The standard InChI is InChI=1S/C59H93NO13/c1-3-5-7-9-10-11-12-13-14-15-16-17-18-19-20-21-22-23-24-25-26-27-28-29-30-31-32-33-34-35-36-37-38-39-41-43-51(64)60-47(48(63)42-40-8-6-4-2)46-70-58-56(69)54(67)57(50(45-62)72-58)73-59-55(68)53(66)52(65)49(44-61)71-59/h5,7,10-11,13-14,16-17,19-20,22-23,25-26,28-29,31-32,34-35,40,42,47-50,52-59,61-63,65-69H,3-4,6,8-9,12,15,18,21,24,27,30,33,36-39,41,43-46H2,1-2H3,(H,60,64)/b7-5-,11-10-,14-13-,17-16-,20-19-,23-22-,26-25-,29-28-,32-31-,35-34-,42-40+. The summed E-state index contributed by atoms with van der Waals surface area (Å²) in [5, 5.41) is 86.0. The van der Waals surface area contributed by atoms with Gasteiger partial charge in [0.1, 0.15) is 48.8 Å². The van der Waals surface area contributed by atoms with Crippen molar-refractivity contribution in [1.29, 1.82) is 0 Å². The van der Waals surface area contributed by atoms with Gasteiger partial charge in [0.2, 0.25) is 5.91 Å². The molecular weight excluding hydrogens is 931 g/mol. The van der Waals surface area contributed by atoms with Crippen molar-refractivity contribution in [1.82, 2.24) is 5.32 Å². The summed E-state index contributed by atoms with van der Waals surface area (Å²) in [6.07, 6.45) is 47.4. The average molecular weight is 1020 g/mol.